The lowest BCUT2D eigenvalue weighted by Crippen LogP contribution is -2.23. The van der Waals surface area contributed by atoms with Crippen LogP contribution in [0.3, 0.4) is 0 Å². The van der Waals surface area contributed by atoms with Gasteiger partial charge in [0.25, 0.3) is 0 Å². The highest BCUT2D eigenvalue weighted by Gasteiger charge is 2.19. The maximum atomic E-state index is 4.53. The number of nitrogens with zero attached hydrogens (tertiary/aromatic N) is 2. The molecule has 0 aromatic carbocycles. The molecule has 114 valence electrons. The van der Waals surface area contributed by atoms with Crippen LogP contribution in [-0.2, 0) is 0 Å². The first-order valence-electron chi connectivity index (χ1n) is 8.38. The quantitative estimate of drug-likeness (QED) is 0.844. The van der Waals surface area contributed by atoms with Gasteiger partial charge in [0.05, 0.1) is 5.39 Å². The molecule has 21 heavy (non-hydrogen) atoms. The molecule has 0 bridgehead atoms. The predicted molar refractivity (Wildman–Crippen MR) is 87.7 cm³/mol. The van der Waals surface area contributed by atoms with E-state index in [0.717, 1.165) is 11.5 Å². The van der Waals surface area contributed by atoms with Crippen LogP contribution in [0.5, 0.6) is 0 Å². The van der Waals surface area contributed by atoms with Crippen molar-refractivity contribution in [2.75, 3.05) is 5.32 Å². The number of fused-ring (bicyclic) bond motifs is 1. The number of H-pyrrole nitrogens is 1. The van der Waals surface area contributed by atoms with E-state index in [2.05, 4.69) is 40.3 Å². The second-order valence-corrected chi connectivity index (χ2v) is 6.36. The van der Waals surface area contributed by atoms with Crippen LogP contribution in [0.2, 0.25) is 0 Å². The molecule has 0 amide bonds. The molecular weight excluding hydrogens is 260 g/mol. The molecule has 4 heteroatoms. The Kier molecular flexibility index (Phi) is 4.42. The van der Waals surface area contributed by atoms with E-state index in [0.29, 0.717) is 12.0 Å². The molecule has 0 radical (unpaired) electrons. The minimum Gasteiger partial charge on any atom is -0.367 e. The van der Waals surface area contributed by atoms with Crippen LogP contribution in [0.4, 0.5) is 5.82 Å². The molecule has 1 fully saturated rings. The average Bonchev–Trinajstić information content (AvgIpc) is 2.94. The Morgan fingerprint density at radius 1 is 1.29 bits per heavy atom. The third-order valence-corrected chi connectivity index (χ3v) is 4.70. The Hall–Kier alpha value is -1.58. The fraction of sp³-hybridized carbons (Fsp3) is 0.647. The number of hydrogen-bond acceptors (Lipinski definition) is 3. The van der Waals surface area contributed by atoms with Gasteiger partial charge in [-0.2, -0.15) is 0 Å². The van der Waals surface area contributed by atoms with Gasteiger partial charge in [-0.25, -0.2) is 9.97 Å². The summed E-state index contributed by atoms with van der Waals surface area (Å²) in [5.74, 6) is 1.56. The maximum absolute atomic E-state index is 4.53. The van der Waals surface area contributed by atoms with Gasteiger partial charge >= 0.3 is 0 Å². The fourth-order valence-corrected chi connectivity index (χ4v) is 3.51. The Balaban J connectivity index is 1.91. The first-order chi connectivity index (χ1) is 10.3. The third-order valence-electron chi connectivity index (χ3n) is 4.70. The van der Waals surface area contributed by atoms with Gasteiger partial charge in [-0.3, -0.25) is 0 Å². The topological polar surface area (TPSA) is 53.6 Å². The Morgan fingerprint density at radius 3 is 2.86 bits per heavy atom. The number of anilines is 1. The maximum Gasteiger partial charge on any atom is 0.143 e. The molecule has 2 aromatic heterocycles. The summed E-state index contributed by atoms with van der Waals surface area (Å²) in [6, 6.07) is 0.570. The SMILES string of the molecule is CCCC(C)c1c[nH]c2ncnc(NC3CCCCC3)c12. The summed E-state index contributed by atoms with van der Waals surface area (Å²) >= 11 is 0. The summed E-state index contributed by atoms with van der Waals surface area (Å²) in [4.78, 5) is 12.2. The molecule has 2 heterocycles. The number of aromatic nitrogens is 3. The zero-order valence-electron chi connectivity index (χ0n) is 13.2. The average molecular weight is 286 g/mol. The van der Waals surface area contributed by atoms with Crippen molar-refractivity contribution in [2.24, 2.45) is 0 Å². The van der Waals surface area contributed by atoms with Crippen molar-refractivity contribution < 1.29 is 0 Å². The van der Waals surface area contributed by atoms with E-state index in [1.807, 2.05) is 0 Å². The van der Waals surface area contributed by atoms with E-state index >= 15 is 0 Å². The highest BCUT2D eigenvalue weighted by molar-refractivity contribution is 5.90. The Labute approximate surface area is 126 Å². The molecule has 0 aliphatic heterocycles. The van der Waals surface area contributed by atoms with Crippen LogP contribution in [-0.4, -0.2) is 21.0 Å². The predicted octanol–water partition coefficient (Wildman–Crippen LogP) is 4.61. The van der Waals surface area contributed by atoms with Crippen molar-refractivity contribution in [3.05, 3.63) is 18.1 Å². The lowest BCUT2D eigenvalue weighted by molar-refractivity contribution is 0.462. The molecule has 1 aliphatic carbocycles. The molecule has 0 saturated heterocycles. The minimum atomic E-state index is 0.543. The number of nitrogens with one attached hydrogen (secondary N) is 2. The van der Waals surface area contributed by atoms with Gasteiger partial charge in [-0.05, 0) is 30.7 Å². The molecule has 3 rings (SSSR count). The van der Waals surface area contributed by atoms with E-state index in [-0.39, 0.29) is 0 Å². The summed E-state index contributed by atoms with van der Waals surface area (Å²) in [6.07, 6.45) is 12.7. The van der Waals surface area contributed by atoms with Crippen LogP contribution in [0.1, 0.15) is 70.3 Å². The van der Waals surface area contributed by atoms with Crippen LogP contribution < -0.4 is 5.32 Å². The molecule has 4 nitrogen and oxygen atoms in total. The van der Waals surface area contributed by atoms with Gasteiger partial charge in [0.1, 0.15) is 17.8 Å². The summed E-state index contributed by atoms with van der Waals surface area (Å²) in [7, 11) is 0. The lowest BCUT2D eigenvalue weighted by atomic mass is 9.94. The van der Waals surface area contributed by atoms with Crippen molar-refractivity contribution >= 4 is 16.9 Å². The van der Waals surface area contributed by atoms with Crippen molar-refractivity contribution in [3.63, 3.8) is 0 Å². The largest absolute Gasteiger partial charge is 0.367 e. The second kappa shape index (κ2) is 6.46. The van der Waals surface area contributed by atoms with Gasteiger partial charge in [0.15, 0.2) is 0 Å². The summed E-state index contributed by atoms with van der Waals surface area (Å²) < 4.78 is 0. The monoisotopic (exact) mass is 286 g/mol. The molecule has 0 spiro atoms. The molecular formula is C17H26N4. The molecule has 2 aromatic rings. The number of rotatable bonds is 5. The third kappa shape index (κ3) is 3.04. The zero-order chi connectivity index (χ0) is 14.7. The van der Waals surface area contributed by atoms with E-state index in [1.165, 1.54) is 55.9 Å². The van der Waals surface area contributed by atoms with E-state index in [9.17, 15) is 0 Å². The molecule has 2 N–H and O–H groups in total. The standard InChI is InChI=1S/C17H26N4/c1-3-7-12(2)14-10-18-16-15(14)17(20-11-19-16)21-13-8-5-4-6-9-13/h10-13H,3-9H2,1-2H3,(H2,18,19,20,21). The normalized spacial score (nSPS) is 18.0. The van der Waals surface area contributed by atoms with Gasteiger partial charge in [-0.15, -0.1) is 0 Å². The van der Waals surface area contributed by atoms with Crippen molar-refractivity contribution in [2.45, 2.75) is 70.8 Å². The Bertz CT molecular complexity index is 583. The zero-order valence-corrected chi connectivity index (χ0v) is 13.2. The molecule has 1 atom stereocenters. The summed E-state index contributed by atoms with van der Waals surface area (Å²) in [5.41, 5.74) is 2.31. The van der Waals surface area contributed by atoms with Crippen molar-refractivity contribution in [1.29, 1.82) is 0 Å². The Morgan fingerprint density at radius 2 is 2.10 bits per heavy atom. The molecule has 1 aliphatic rings. The van der Waals surface area contributed by atoms with Crippen LogP contribution in [0.15, 0.2) is 12.5 Å². The van der Waals surface area contributed by atoms with Crippen LogP contribution >= 0.6 is 0 Å². The van der Waals surface area contributed by atoms with E-state index in [1.54, 1.807) is 6.33 Å². The highest BCUT2D eigenvalue weighted by Crippen LogP contribution is 2.32. The highest BCUT2D eigenvalue weighted by atomic mass is 15.1. The van der Waals surface area contributed by atoms with Crippen molar-refractivity contribution in [3.8, 4) is 0 Å². The van der Waals surface area contributed by atoms with Gasteiger partial charge in [-0.1, -0.05) is 39.5 Å². The minimum absolute atomic E-state index is 0.543. The van der Waals surface area contributed by atoms with Gasteiger partial charge < -0.3 is 10.3 Å². The lowest BCUT2D eigenvalue weighted by Gasteiger charge is -2.24. The molecule has 1 saturated carbocycles. The first kappa shape index (κ1) is 14.4. The number of aromatic amines is 1. The van der Waals surface area contributed by atoms with Gasteiger partial charge in [0, 0.05) is 12.2 Å². The van der Waals surface area contributed by atoms with Crippen LogP contribution in [0, 0.1) is 0 Å². The second-order valence-electron chi connectivity index (χ2n) is 6.36. The van der Waals surface area contributed by atoms with Gasteiger partial charge in [0.2, 0.25) is 0 Å². The van der Waals surface area contributed by atoms with E-state index in [4.69, 9.17) is 0 Å². The first-order valence-corrected chi connectivity index (χ1v) is 8.38. The summed E-state index contributed by atoms with van der Waals surface area (Å²) in [6.45, 7) is 4.53. The van der Waals surface area contributed by atoms with Crippen LogP contribution in [0.25, 0.3) is 11.0 Å². The van der Waals surface area contributed by atoms with E-state index < -0.39 is 0 Å². The molecule has 1 unspecified atom stereocenters. The smallest absolute Gasteiger partial charge is 0.143 e. The fourth-order valence-electron chi connectivity index (χ4n) is 3.51. The van der Waals surface area contributed by atoms with Crippen molar-refractivity contribution in [1.82, 2.24) is 15.0 Å². The summed E-state index contributed by atoms with van der Waals surface area (Å²) in [5, 5.41) is 4.87. The number of hydrogen-bond donors (Lipinski definition) is 2.